The van der Waals surface area contributed by atoms with Crippen LogP contribution in [0.4, 0.5) is 0 Å². The molecule has 0 unspecified atom stereocenters. The van der Waals surface area contributed by atoms with Gasteiger partial charge >= 0.3 is 0 Å². The highest BCUT2D eigenvalue weighted by atomic mass is 28.1. The van der Waals surface area contributed by atoms with Crippen molar-refractivity contribution in [3.63, 3.8) is 0 Å². The van der Waals surface area contributed by atoms with E-state index in [1.165, 1.54) is 0 Å². The van der Waals surface area contributed by atoms with Crippen LogP contribution in [0.1, 0.15) is 13.8 Å². The fraction of sp³-hybridized carbons (Fsp3) is 0.714. The van der Waals surface area contributed by atoms with E-state index >= 15 is 0 Å². The Morgan fingerprint density at radius 3 is 2.10 bits per heavy atom. The lowest BCUT2D eigenvalue weighted by Gasteiger charge is -2.11. The average Bonchev–Trinajstić information content (AvgIpc) is 1.90. The van der Waals surface area contributed by atoms with E-state index in [2.05, 4.69) is 5.70 Å². The van der Waals surface area contributed by atoms with E-state index < -0.39 is 0 Å². The first kappa shape index (κ1) is 9.88. The van der Waals surface area contributed by atoms with Gasteiger partial charge in [-0.3, -0.25) is 0 Å². The number of rotatable bonds is 5. The molecule has 10 heavy (non-hydrogen) atoms. The monoisotopic (exact) mass is 160 g/mol. The summed E-state index contributed by atoms with van der Waals surface area (Å²) in [7, 11) is 1.06. The summed E-state index contributed by atoms with van der Waals surface area (Å²) < 4.78 is 10.5. The van der Waals surface area contributed by atoms with Crippen LogP contribution in [0.5, 0.6) is 0 Å². The van der Waals surface area contributed by atoms with Crippen molar-refractivity contribution in [2.24, 2.45) is 0 Å². The third-order valence-electron chi connectivity index (χ3n) is 1.01. The Bertz CT molecular complexity index is 87.6. The highest BCUT2D eigenvalue weighted by Crippen LogP contribution is 1.95. The first-order valence-corrected chi connectivity index (χ1v) is 4.86. The van der Waals surface area contributed by atoms with Gasteiger partial charge < -0.3 is 9.47 Å². The Labute approximate surface area is 65.6 Å². The zero-order chi connectivity index (χ0) is 7.82. The first-order valence-electron chi connectivity index (χ1n) is 3.71. The molecule has 0 N–H and O–H groups in total. The van der Waals surface area contributed by atoms with Crippen molar-refractivity contribution >= 4 is 10.2 Å². The topological polar surface area (TPSA) is 18.5 Å². The zero-order valence-electron chi connectivity index (χ0n) is 6.96. The third kappa shape index (κ3) is 4.73. The van der Waals surface area contributed by atoms with Gasteiger partial charge in [-0.25, -0.2) is 0 Å². The number of hydrogen-bond donors (Lipinski definition) is 0. The van der Waals surface area contributed by atoms with Crippen molar-refractivity contribution < 1.29 is 9.47 Å². The molecule has 0 aliphatic rings. The van der Waals surface area contributed by atoms with Crippen LogP contribution in [0.2, 0.25) is 0 Å². The fourth-order valence-corrected chi connectivity index (χ4v) is 0.959. The van der Waals surface area contributed by atoms with Gasteiger partial charge in [0.15, 0.2) is 6.29 Å². The largest absolute Gasteiger partial charge is 0.349 e. The normalized spacial score (nSPS) is 11.9. The SMILES string of the molecule is CCOC(C=C[SiH3])OCC. The third-order valence-corrected chi connectivity index (χ3v) is 1.40. The summed E-state index contributed by atoms with van der Waals surface area (Å²) in [5.74, 6) is 0. The molecular formula is C7H16O2Si. The Kier molecular flexibility index (Phi) is 6.90. The minimum Gasteiger partial charge on any atom is -0.349 e. The minimum atomic E-state index is -0.118. The van der Waals surface area contributed by atoms with Gasteiger partial charge in [-0.15, -0.1) is 5.70 Å². The molecule has 0 atom stereocenters. The van der Waals surface area contributed by atoms with Gasteiger partial charge in [-0.1, -0.05) is 0 Å². The van der Waals surface area contributed by atoms with Crippen molar-refractivity contribution in [3.05, 3.63) is 11.8 Å². The maximum atomic E-state index is 5.24. The van der Waals surface area contributed by atoms with Gasteiger partial charge in [0, 0.05) is 23.5 Å². The summed E-state index contributed by atoms with van der Waals surface area (Å²) in [6, 6.07) is 0. The molecule has 0 saturated heterocycles. The quantitative estimate of drug-likeness (QED) is 0.424. The molecule has 0 amide bonds. The van der Waals surface area contributed by atoms with Crippen LogP contribution in [0.25, 0.3) is 0 Å². The Morgan fingerprint density at radius 2 is 1.80 bits per heavy atom. The molecule has 0 aliphatic carbocycles. The van der Waals surface area contributed by atoms with Gasteiger partial charge in [0.1, 0.15) is 0 Å². The van der Waals surface area contributed by atoms with Gasteiger partial charge in [-0.05, 0) is 19.9 Å². The minimum absolute atomic E-state index is 0.118. The number of ether oxygens (including phenoxy) is 2. The lowest BCUT2D eigenvalue weighted by atomic mass is 10.6. The van der Waals surface area contributed by atoms with E-state index in [1.807, 2.05) is 19.9 Å². The lowest BCUT2D eigenvalue weighted by molar-refractivity contribution is -0.103. The first-order chi connectivity index (χ1) is 4.85. The predicted molar refractivity (Wildman–Crippen MR) is 46.1 cm³/mol. The smallest absolute Gasteiger partial charge is 0.176 e. The zero-order valence-corrected chi connectivity index (χ0v) is 8.96. The van der Waals surface area contributed by atoms with Crippen LogP contribution < -0.4 is 0 Å². The molecule has 0 aromatic heterocycles. The van der Waals surface area contributed by atoms with Crippen LogP contribution >= 0.6 is 0 Å². The highest BCUT2D eigenvalue weighted by Gasteiger charge is 1.99. The molecule has 0 aromatic rings. The lowest BCUT2D eigenvalue weighted by Crippen LogP contribution is -2.13. The van der Waals surface area contributed by atoms with E-state index in [-0.39, 0.29) is 6.29 Å². The van der Waals surface area contributed by atoms with Crippen molar-refractivity contribution in [1.82, 2.24) is 0 Å². The second kappa shape index (κ2) is 6.99. The van der Waals surface area contributed by atoms with E-state index in [0.717, 1.165) is 10.2 Å². The molecule has 0 heterocycles. The van der Waals surface area contributed by atoms with Crippen LogP contribution in [0, 0.1) is 0 Å². The second-order valence-electron chi connectivity index (χ2n) is 1.80. The summed E-state index contributed by atoms with van der Waals surface area (Å²) in [5.41, 5.74) is 2.07. The Hall–Kier alpha value is -0.123. The Morgan fingerprint density at radius 1 is 1.30 bits per heavy atom. The molecule has 2 nitrogen and oxygen atoms in total. The molecule has 0 spiro atoms. The molecule has 0 rings (SSSR count). The van der Waals surface area contributed by atoms with Crippen molar-refractivity contribution in [2.75, 3.05) is 13.2 Å². The fourth-order valence-electron chi connectivity index (χ4n) is 0.645. The van der Waals surface area contributed by atoms with Gasteiger partial charge in [-0.2, -0.15) is 0 Å². The van der Waals surface area contributed by atoms with Crippen molar-refractivity contribution in [3.8, 4) is 0 Å². The van der Waals surface area contributed by atoms with Crippen LogP contribution in [0.3, 0.4) is 0 Å². The van der Waals surface area contributed by atoms with Crippen molar-refractivity contribution in [2.45, 2.75) is 20.1 Å². The molecule has 60 valence electrons. The second-order valence-corrected chi connectivity index (χ2v) is 2.47. The van der Waals surface area contributed by atoms with Crippen molar-refractivity contribution in [1.29, 1.82) is 0 Å². The number of hydrogen-bond acceptors (Lipinski definition) is 2. The summed E-state index contributed by atoms with van der Waals surface area (Å²) in [5, 5.41) is 0. The van der Waals surface area contributed by atoms with E-state index in [0.29, 0.717) is 13.2 Å². The van der Waals surface area contributed by atoms with Gasteiger partial charge in [0.2, 0.25) is 0 Å². The summed E-state index contributed by atoms with van der Waals surface area (Å²) in [6.07, 6.45) is 1.84. The maximum Gasteiger partial charge on any atom is 0.176 e. The van der Waals surface area contributed by atoms with Gasteiger partial charge in [0.25, 0.3) is 0 Å². The van der Waals surface area contributed by atoms with Crippen LogP contribution in [-0.4, -0.2) is 29.7 Å². The molecule has 0 bridgehead atoms. The Balaban J connectivity index is 3.50. The average molecular weight is 160 g/mol. The highest BCUT2D eigenvalue weighted by molar-refractivity contribution is 6.16. The molecule has 0 aliphatic heterocycles. The van der Waals surface area contributed by atoms with Gasteiger partial charge in [0.05, 0.1) is 0 Å². The maximum absolute atomic E-state index is 5.24. The predicted octanol–water partition coefficient (Wildman–Crippen LogP) is 0.265. The van der Waals surface area contributed by atoms with Crippen LogP contribution in [0.15, 0.2) is 11.8 Å². The molecular weight excluding hydrogens is 144 g/mol. The summed E-state index contributed by atoms with van der Waals surface area (Å²) >= 11 is 0. The molecule has 0 radical (unpaired) electrons. The van der Waals surface area contributed by atoms with E-state index in [4.69, 9.17) is 9.47 Å². The van der Waals surface area contributed by atoms with Crippen LogP contribution in [-0.2, 0) is 9.47 Å². The molecule has 0 saturated carbocycles. The summed E-state index contributed by atoms with van der Waals surface area (Å²) in [4.78, 5) is 0. The molecule has 0 aromatic carbocycles. The standard InChI is InChI=1S/C7H16O2Si/c1-3-8-7(5-6-10)9-4-2/h5-7H,3-4H2,1-2,10H3. The van der Waals surface area contributed by atoms with E-state index in [9.17, 15) is 0 Å². The summed E-state index contributed by atoms with van der Waals surface area (Å²) in [6.45, 7) is 5.34. The molecule has 0 fully saturated rings. The molecule has 3 heteroatoms. The van der Waals surface area contributed by atoms with E-state index in [1.54, 1.807) is 0 Å².